The Kier molecular flexibility index (Phi) is 3.80. The molecule has 0 aromatic heterocycles. The van der Waals surface area contributed by atoms with Crippen LogP contribution in [0.4, 0.5) is 0 Å². The fourth-order valence-corrected chi connectivity index (χ4v) is 2.67. The highest BCUT2D eigenvalue weighted by Crippen LogP contribution is 2.52. The molecule has 0 spiro atoms. The van der Waals surface area contributed by atoms with Gasteiger partial charge < -0.3 is 15.3 Å². The van der Waals surface area contributed by atoms with Crippen LogP contribution >= 0.6 is 0 Å². The van der Waals surface area contributed by atoms with E-state index in [1.165, 1.54) is 0 Å². The van der Waals surface area contributed by atoms with Gasteiger partial charge in [0.15, 0.2) is 0 Å². The molecule has 1 fully saturated rings. The third-order valence-corrected chi connectivity index (χ3v) is 4.32. The van der Waals surface area contributed by atoms with Crippen LogP contribution in [0.2, 0.25) is 0 Å². The lowest BCUT2D eigenvalue weighted by Gasteiger charge is -2.50. The second-order valence-corrected chi connectivity index (χ2v) is 5.88. The summed E-state index contributed by atoms with van der Waals surface area (Å²) in [5, 5.41) is 28.2. The molecule has 0 radical (unpaired) electrons. The Morgan fingerprint density at radius 1 is 1.33 bits per heavy atom. The minimum absolute atomic E-state index is 0.0905. The van der Waals surface area contributed by atoms with E-state index >= 15 is 0 Å². The Bertz CT molecular complexity index is 215. The first-order valence-corrected chi connectivity index (χ1v) is 5.78. The molecule has 0 saturated heterocycles. The Morgan fingerprint density at radius 3 is 2.47 bits per heavy atom. The number of rotatable bonds is 3. The largest absolute Gasteiger partial charge is 0.394 e. The van der Waals surface area contributed by atoms with Crippen molar-refractivity contribution in [2.75, 3.05) is 6.61 Å². The number of hydrogen-bond acceptors (Lipinski definition) is 3. The zero-order valence-corrected chi connectivity index (χ0v) is 10.0. The molecule has 15 heavy (non-hydrogen) atoms. The van der Waals surface area contributed by atoms with Crippen LogP contribution < -0.4 is 0 Å². The van der Waals surface area contributed by atoms with E-state index in [0.29, 0.717) is 6.42 Å². The molecule has 3 heteroatoms. The van der Waals surface area contributed by atoms with Crippen molar-refractivity contribution in [3.8, 4) is 0 Å². The monoisotopic (exact) mass is 216 g/mol. The van der Waals surface area contributed by atoms with Crippen molar-refractivity contribution < 1.29 is 15.3 Å². The second-order valence-electron chi connectivity index (χ2n) is 5.88. The Morgan fingerprint density at radius 2 is 1.93 bits per heavy atom. The molecular formula is C12H24O3. The van der Waals surface area contributed by atoms with E-state index in [1.807, 2.05) is 0 Å². The van der Waals surface area contributed by atoms with Crippen LogP contribution in [0.15, 0.2) is 0 Å². The van der Waals surface area contributed by atoms with Crippen LogP contribution in [-0.4, -0.2) is 34.1 Å². The molecule has 0 aliphatic heterocycles. The zero-order valence-electron chi connectivity index (χ0n) is 10.0. The van der Waals surface area contributed by atoms with Crippen LogP contribution in [0.1, 0.15) is 46.5 Å². The summed E-state index contributed by atoms with van der Waals surface area (Å²) in [7, 11) is 0. The van der Waals surface area contributed by atoms with Crippen molar-refractivity contribution in [1.29, 1.82) is 0 Å². The second kappa shape index (κ2) is 4.40. The van der Waals surface area contributed by atoms with Crippen LogP contribution in [0, 0.1) is 10.8 Å². The molecule has 3 N–H and O–H groups in total. The van der Waals surface area contributed by atoms with E-state index in [1.54, 1.807) is 0 Å². The van der Waals surface area contributed by atoms with E-state index in [9.17, 15) is 10.2 Å². The van der Waals surface area contributed by atoms with Gasteiger partial charge in [0.1, 0.15) is 0 Å². The summed E-state index contributed by atoms with van der Waals surface area (Å²) < 4.78 is 0. The molecule has 1 aliphatic rings. The van der Waals surface area contributed by atoms with Crippen molar-refractivity contribution in [2.24, 2.45) is 10.8 Å². The third kappa shape index (κ3) is 2.71. The summed E-state index contributed by atoms with van der Waals surface area (Å²) in [5.41, 5.74) is 0.0230. The van der Waals surface area contributed by atoms with Gasteiger partial charge in [-0.3, -0.25) is 0 Å². The van der Waals surface area contributed by atoms with Crippen LogP contribution in [-0.2, 0) is 0 Å². The maximum absolute atomic E-state index is 9.72. The molecule has 1 saturated carbocycles. The maximum Gasteiger partial charge on any atom is 0.0776 e. The number of hydrogen-bond donors (Lipinski definition) is 3. The predicted molar refractivity (Wildman–Crippen MR) is 59.5 cm³/mol. The first kappa shape index (κ1) is 12.9. The summed E-state index contributed by atoms with van der Waals surface area (Å²) in [5.74, 6) is 0. The molecule has 0 aromatic rings. The van der Waals surface area contributed by atoms with E-state index < -0.39 is 6.10 Å². The van der Waals surface area contributed by atoms with Gasteiger partial charge in [0, 0.05) is 0 Å². The van der Waals surface area contributed by atoms with Gasteiger partial charge in [-0.1, -0.05) is 20.8 Å². The van der Waals surface area contributed by atoms with Gasteiger partial charge in [-0.2, -0.15) is 0 Å². The predicted octanol–water partition coefficient (Wildman–Crippen LogP) is 1.31. The van der Waals surface area contributed by atoms with E-state index in [-0.39, 0.29) is 23.5 Å². The molecule has 0 amide bonds. The highest BCUT2D eigenvalue weighted by atomic mass is 16.3. The van der Waals surface area contributed by atoms with Crippen LogP contribution in [0.3, 0.4) is 0 Å². The normalized spacial score (nSPS) is 37.6. The van der Waals surface area contributed by atoms with Crippen LogP contribution in [0.5, 0.6) is 0 Å². The molecule has 0 heterocycles. The van der Waals surface area contributed by atoms with Crippen molar-refractivity contribution in [3.63, 3.8) is 0 Å². The first-order chi connectivity index (χ1) is 6.81. The van der Waals surface area contributed by atoms with Gasteiger partial charge in [-0.15, -0.1) is 0 Å². The fraction of sp³-hybridized carbons (Fsp3) is 1.00. The minimum atomic E-state index is -0.667. The molecular weight excluding hydrogens is 192 g/mol. The third-order valence-electron chi connectivity index (χ3n) is 4.32. The first-order valence-electron chi connectivity index (χ1n) is 5.78. The van der Waals surface area contributed by atoms with Crippen molar-refractivity contribution >= 4 is 0 Å². The highest BCUT2D eigenvalue weighted by molar-refractivity contribution is 4.96. The average Bonchev–Trinajstić information content (AvgIpc) is 2.12. The lowest BCUT2D eigenvalue weighted by atomic mass is 9.56. The molecule has 90 valence electrons. The van der Waals surface area contributed by atoms with Crippen molar-refractivity contribution in [2.45, 2.75) is 58.7 Å². The molecule has 0 bridgehead atoms. The highest BCUT2D eigenvalue weighted by Gasteiger charge is 2.46. The van der Waals surface area contributed by atoms with Gasteiger partial charge in [-0.25, -0.2) is 0 Å². The van der Waals surface area contributed by atoms with E-state index in [4.69, 9.17) is 5.11 Å². The topological polar surface area (TPSA) is 60.7 Å². The molecule has 1 rings (SSSR count). The van der Waals surface area contributed by atoms with Gasteiger partial charge in [0.2, 0.25) is 0 Å². The van der Waals surface area contributed by atoms with Gasteiger partial charge in [-0.05, 0) is 36.5 Å². The Hall–Kier alpha value is -0.120. The summed E-state index contributed by atoms with van der Waals surface area (Å²) >= 11 is 0. The Balaban J connectivity index is 2.76. The summed E-state index contributed by atoms with van der Waals surface area (Å²) in [6.07, 6.45) is 2.18. The van der Waals surface area contributed by atoms with Gasteiger partial charge >= 0.3 is 0 Å². The molecule has 0 aromatic carbocycles. The summed E-state index contributed by atoms with van der Waals surface area (Å²) in [6.45, 7) is 6.28. The van der Waals surface area contributed by atoms with Gasteiger partial charge in [0.05, 0.1) is 18.8 Å². The maximum atomic E-state index is 9.72. The molecule has 1 aliphatic carbocycles. The molecule has 3 nitrogen and oxygen atoms in total. The smallest absolute Gasteiger partial charge is 0.0776 e. The van der Waals surface area contributed by atoms with Gasteiger partial charge in [0.25, 0.3) is 0 Å². The van der Waals surface area contributed by atoms with Crippen LogP contribution in [0.25, 0.3) is 0 Å². The summed E-state index contributed by atoms with van der Waals surface area (Å²) in [6, 6.07) is 0. The zero-order chi connectivity index (χ0) is 11.7. The van der Waals surface area contributed by atoms with E-state index in [0.717, 1.165) is 19.3 Å². The number of aliphatic hydroxyl groups excluding tert-OH is 3. The number of aliphatic hydroxyl groups is 3. The SMILES string of the molecule is CC1(C)CC[C@H](O)C[C@]1(C)C[C@@H](O)CO. The fourth-order valence-electron chi connectivity index (χ4n) is 2.67. The summed E-state index contributed by atoms with van der Waals surface area (Å²) in [4.78, 5) is 0. The molecule has 0 unspecified atom stereocenters. The quantitative estimate of drug-likeness (QED) is 0.666. The Labute approximate surface area is 92.1 Å². The standard InChI is InChI=1S/C12H24O3/c1-11(2)5-4-9(14)6-12(11,3)7-10(15)8-13/h9-10,13-15H,4-8H2,1-3H3/t9-,10+,12+/m0/s1. The average molecular weight is 216 g/mol. The van der Waals surface area contributed by atoms with E-state index in [2.05, 4.69) is 20.8 Å². The minimum Gasteiger partial charge on any atom is -0.394 e. The lowest BCUT2D eigenvalue weighted by Crippen LogP contribution is -2.45. The van der Waals surface area contributed by atoms with Crippen molar-refractivity contribution in [3.05, 3.63) is 0 Å². The van der Waals surface area contributed by atoms with Crippen molar-refractivity contribution in [1.82, 2.24) is 0 Å². The lowest BCUT2D eigenvalue weighted by molar-refractivity contribution is -0.0706. The molecule has 3 atom stereocenters.